The summed E-state index contributed by atoms with van der Waals surface area (Å²) in [6.07, 6.45) is 1.80. The fourth-order valence-electron chi connectivity index (χ4n) is 3.41. The summed E-state index contributed by atoms with van der Waals surface area (Å²) < 4.78 is 52.4. The van der Waals surface area contributed by atoms with Crippen LogP contribution >= 0.6 is 0 Å². The van der Waals surface area contributed by atoms with Crippen molar-refractivity contribution in [2.45, 2.75) is 9.79 Å². The van der Waals surface area contributed by atoms with Crippen molar-refractivity contribution < 1.29 is 16.8 Å². The molecule has 0 aliphatic rings. The van der Waals surface area contributed by atoms with Crippen molar-refractivity contribution in [3.8, 4) is 22.5 Å². The summed E-state index contributed by atoms with van der Waals surface area (Å²) >= 11 is 0. The molecule has 0 aliphatic heterocycles. The number of sulfone groups is 1. The minimum absolute atomic E-state index is 0.0462. The summed E-state index contributed by atoms with van der Waals surface area (Å²) in [5.74, 6) is -0.500. The Hall–Kier alpha value is -3.20. The van der Waals surface area contributed by atoms with Crippen LogP contribution in [0.25, 0.3) is 33.4 Å². The van der Waals surface area contributed by atoms with E-state index in [0.29, 0.717) is 11.1 Å². The molecule has 12 nitrogen and oxygen atoms in total. The SMILES string of the molecule is Cn1cc2cc(-c3ccc(S(=O)(=O)CCN)c(S(N)(=O)=O)c3-c3nnn[nH]3)ccc2n1. The second-order valence-electron chi connectivity index (χ2n) is 6.79. The zero-order valence-electron chi connectivity index (χ0n) is 16.2. The van der Waals surface area contributed by atoms with Crippen LogP contribution in [-0.2, 0) is 26.9 Å². The van der Waals surface area contributed by atoms with E-state index in [1.807, 2.05) is 0 Å². The normalized spacial score (nSPS) is 12.5. The van der Waals surface area contributed by atoms with E-state index < -0.39 is 35.4 Å². The summed E-state index contributed by atoms with van der Waals surface area (Å²) in [5.41, 5.74) is 7.08. The minimum Gasteiger partial charge on any atom is -0.329 e. The Labute approximate surface area is 177 Å². The zero-order valence-corrected chi connectivity index (χ0v) is 17.9. The van der Waals surface area contributed by atoms with Gasteiger partial charge in [-0.1, -0.05) is 12.1 Å². The lowest BCUT2D eigenvalue weighted by molar-refractivity contribution is 0.583. The van der Waals surface area contributed by atoms with Gasteiger partial charge in [0.2, 0.25) is 10.0 Å². The molecule has 0 saturated carbocycles. The van der Waals surface area contributed by atoms with Crippen LogP contribution in [0.5, 0.6) is 0 Å². The Morgan fingerprint density at radius 3 is 2.55 bits per heavy atom. The number of aromatic amines is 1. The molecule has 0 aliphatic carbocycles. The van der Waals surface area contributed by atoms with Gasteiger partial charge in [0.15, 0.2) is 15.7 Å². The highest BCUT2D eigenvalue weighted by molar-refractivity contribution is 7.93. The lowest BCUT2D eigenvalue weighted by Gasteiger charge is -2.16. The maximum absolute atomic E-state index is 12.8. The average Bonchev–Trinajstić information content (AvgIpc) is 3.34. The molecule has 31 heavy (non-hydrogen) atoms. The summed E-state index contributed by atoms with van der Waals surface area (Å²) in [6.45, 7) is -0.189. The number of primary sulfonamides is 1. The van der Waals surface area contributed by atoms with Gasteiger partial charge in [0.05, 0.1) is 16.2 Å². The topological polar surface area (TPSA) is 193 Å². The fourth-order valence-corrected chi connectivity index (χ4v) is 6.17. The Balaban J connectivity index is 2.11. The Morgan fingerprint density at radius 1 is 1.13 bits per heavy atom. The van der Waals surface area contributed by atoms with E-state index in [0.717, 1.165) is 10.9 Å². The molecule has 2 heterocycles. The molecule has 2 aromatic heterocycles. The highest BCUT2D eigenvalue weighted by atomic mass is 32.2. The van der Waals surface area contributed by atoms with Gasteiger partial charge in [0, 0.05) is 30.7 Å². The first-order chi connectivity index (χ1) is 14.6. The van der Waals surface area contributed by atoms with Crippen LogP contribution in [0.2, 0.25) is 0 Å². The van der Waals surface area contributed by atoms with Crippen molar-refractivity contribution in [2.24, 2.45) is 17.9 Å². The Kier molecular flexibility index (Phi) is 5.09. The lowest BCUT2D eigenvalue weighted by atomic mass is 9.98. The number of tetrazole rings is 1. The molecule has 0 spiro atoms. The van der Waals surface area contributed by atoms with Crippen LogP contribution in [-0.4, -0.2) is 59.5 Å². The Morgan fingerprint density at radius 2 is 1.90 bits per heavy atom. The van der Waals surface area contributed by atoms with Crippen molar-refractivity contribution in [3.05, 3.63) is 36.5 Å². The fraction of sp³-hybridized carbons (Fsp3) is 0.176. The molecule has 4 aromatic rings. The van der Waals surface area contributed by atoms with Crippen molar-refractivity contribution in [1.82, 2.24) is 30.4 Å². The first kappa shape index (κ1) is 21.0. The highest BCUT2D eigenvalue weighted by Crippen LogP contribution is 2.39. The molecule has 0 amide bonds. The van der Waals surface area contributed by atoms with Crippen molar-refractivity contribution in [3.63, 3.8) is 0 Å². The van der Waals surface area contributed by atoms with Gasteiger partial charge < -0.3 is 5.73 Å². The van der Waals surface area contributed by atoms with Gasteiger partial charge in [-0.2, -0.15) is 5.10 Å². The number of fused-ring (bicyclic) bond motifs is 1. The average molecular weight is 463 g/mol. The number of benzene rings is 2. The standard InChI is InChI=1S/C17H18N8O4S2/c1-25-9-11-8-10(2-4-13(11)22-25)12-3-5-14(30(26,27)7-6-18)16(31(19,28)29)15(12)17-20-23-24-21-17/h2-5,8-9H,6-7,18H2,1H3,(H2,19,28,29)(H,20,21,23,24). The number of aromatic nitrogens is 6. The number of sulfonamides is 1. The van der Waals surface area contributed by atoms with Crippen molar-refractivity contribution in [2.75, 3.05) is 12.3 Å². The number of hydrogen-bond donors (Lipinski definition) is 3. The third kappa shape index (κ3) is 3.81. The van der Waals surface area contributed by atoms with E-state index in [-0.39, 0.29) is 17.9 Å². The lowest BCUT2D eigenvalue weighted by Crippen LogP contribution is -2.22. The second kappa shape index (κ2) is 7.49. The van der Waals surface area contributed by atoms with Crippen molar-refractivity contribution in [1.29, 1.82) is 0 Å². The van der Waals surface area contributed by atoms with Gasteiger partial charge in [-0.15, -0.1) is 5.10 Å². The molecule has 4 rings (SSSR count). The van der Waals surface area contributed by atoms with Crippen LogP contribution in [0.4, 0.5) is 0 Å². The summed E-state index contributed by atoms with van der Waals surface area (Å²) in [4.78, 5) is -1.05. The van der Waals surface area contributed by atoms with E-state index in [1.165, 1.54) is 12.1 Å². The van der Waals surface area contributed by atoms with Crippen LogP contribution in [0.1, 0.15) is 0 Å². The van der Waals surface area contributed by atoms with E-state index in [9.17, 15) is 16.8 Å². The second-order valence-corrected chi connectivity index (χ2v) is 10.4. The number of rotatable bonds is 6. The summed E-state index contributed by atoms with van der Waals surface area (Å²) in [5, 5.41) is 23.9. The van der Waals surface area contributed by atoms with Gasteiger partial charge in [0.1, 0.15) is 4.90 Å². The molecule has 0 atom stereocenters. The molecule has 2 aromatic carbocycles. The molecule has 0 bridgehead atoms. The predicted octanol–water partition coefficient (Wildman–Crippen LogP) is -0.200. The number of H-pyrrole nitrogens is 1. The van der Waals surface area contributed by atoms with Gasteiger partial charge in [-0.05, 0) is 39.8 Å². The maximum atomic E-state index is 12.8. The largest absolute Gasteiger partial charge is 0.329 e. The minimum atomic E-state index is -4.51. The van der Waals surface area contributed by atoms with Crippen molar-refractivity contribution >= 4 is 30.8 Å². The summed E-state index contributed by atoms with van der Waals surface area (Å²) in [6, 6.07) is 8.00. The van der Waals surface area contributed by atoms with E-state index in [1.54, 1.807) is 36.1 Å². The molecule has 5 N–H and O–H groups in total. The number of hydrogen-bond acceptors (Lipinski definition) is 9. The van der Waals surface area contributed by atoms with Gasteiger partial charge >= 0.3 is 0 Å². The van der Waals surface area contributed by atoms with Gasteiger partial charge in [0.25, 0.3) is 0 Å². The summed E-state index contributed by atoms with van der Waals surface area (Å²) in [7, 11) is -6.78. The van der Waals surface area contributed by atoms with Crippen LogP contribution in [0.15, 0.2) is 46.3 Å². The molecule has 0 saturated heterocycles. The molecule has 0 unspecified atom stereocenters. The van der Waals surface area contributed by atoms with Crippen LogP contribution in [0.3, 0.4) is 0 Å². The van der Waals surface area contributed by atoms with E-state index >= 15 is 0 Å². The molecular weight excluding hydrogens is 444 g/mol. The predicted molar refractivity (Wildman–Crippen MR) is 112 cm³/mol. The molecule has 14 heteroatoms. The smallest absolute Gasteiger partial charge is 0.240 e. The molecule has 0 radical (unpaired) electrons. The first-order valence-electron chi connectivity index (χ1n) is 8.92. The monoisotopic (exact) mass is 462 g/mol. The number of nitrogens with one attached hydrogen (secondary N) is 1. The zero-order chi connectivity index (χ0) is 22.4. The van der Waals surface area contributed by atoms with Crippen LogP contribution < -0.4 is 10.9 Å². The third-order valence-corrected chi connectivity index (χ3v) is 7.55. The van der Waals surface area contributed by atoms with Crippen LogP contribution in [0, 0.1) is 0 Å². The maximum Gasteiger partial charge on any atom is 0.240 e. The molecule has 0 fully saturated rings. The third-order valence-electron chi connectivity index (χ3n) is 4.64. The Bertz CT molecular complexity index is 1490. The molecule has 162 valence electrons. The quantitative estimate of drug-likeness (QED) is 0.348. The first-order valence-corrected chi connectivity index (χ1v) is 12.1. The van der Waals surface area contributed by atoms with E-state index in [4.69, 9.17) is 10.9 Å². The number of aryl methyl sites for hydroxylation is 1. The molecular formula is C17H18N8O4S2. The number of nitrogens with two attached hydrogens (primary N) is 2. The van der Waals surface area contributed by atoms with Gasteiger partial charge in [-0.3, -0.25) is 4.68 Å². The van der Waals surface area contributed by atoms with E-state index in [2.05, 4.69) is 25.7 Å². The number of nitrogens with zero attached hydrogens (tertiary/aromatic N) is 5. The highest BCUT2D eigenvalue weighted by Gasteiger charge is 2.31. The van der Waals surface area contributed by atoms with Gasteiger partial charge in [-0.25, -0.2) is 27.1 Å².